The standard InChI is InChI=1S/C14H11ClFNO4S/c15-11-4-2-1-3-10(11)8-17-22(20,21)13-7-9(14(18)19)5-6-12(13)16/h1-7,17H,8H2,(H,18,19). The second-order valence-corrected chi connectivity index (χ2v) is 6.51. The summed E-state index contributed by atoms with van der Waals surface area (Å²) in [5.41, 5.74) is 0.196. The predicted molar refractivity (Wildman–Crippen MR) is 78.8 cm³/mol. The van der Waals surface area contributed by atoms with Gasteiger partial charge in [0.2, 0.25) is 10.0 Å². The smallest absolute Gasteiger partial charge is 0.335 e. The minimum Gasteiger partial charge on any atom is -0.478 e. The average molecular weight is 344 g/mol. The van der Waals surface area contributed by atoms with E-state index in [0.29, 0.717) is 10.6 Å². The van der Waals surface area contributed by atoms with Crippen molar-refractivity contribution in [2.75, 3.05) is 0 Å². The van der Waals surface area contributed by atoms with E-state index in [-0.39, 0.29) is 12.1 Å². The lowest BCUT2D eigenvalue weighted by Gasteiger charge is -2.09. The van der Waals surface area contributed by atoms with E-state index >= 15 is 0 Å². The van der Waals surface area contributed by atoms with E-state index in [1.807, 2.05) is 0 Å². The Bertz CT molecular complexity index is 823. The van der Waals surface area contributed by atoms with Crippen molar-refractivity contribution in [1.29, 1.82) is 0 Å². The topological polar surface area (TPSA) is 83.5 Å². The number of rotatable bonds is 5. The van der Waals surface area contributed by atoms with Crippen LogP contribution in [-0.2, 0) is 16.6 Å². The van der Waals surface area contributed by atoms with Crippen molar-refractivity contribution in [3.63, 3.8) is 0 Å². The van der Waals surface area contributed by atoms with Crippen LogP contribution in [0.3, 0.4) is 0 Å². The van der Waals surface area contributed by atoms with E-state index in [9.17, 15) is 17.6 Å². The quantitative estimate of drug-likeness (QED) is 0.874. The van der Waals surface area contributed by atoms with Gasteiger partial charge in [0, 0.05) is 11.6 Å². The summed E-state index contributed by atoms with van der Waals surface area (Å²) in [5.74, 6) is -2.38. The summed E-state index contributed by atoms with van der Waals surface area (Å²) in [4.78, 5) is 10.1. The van der Waals surface area contributed by atoms with Gasteiger partial charge in [-0.15, -0.1) is 0 Å². The van der Waals surface area contributed by atoms with Crippen LogP contribution in [0.5, 0.6) is 0 Å². The van der Waals surface area contributed by atoms with Crippen molar-refractivity contribution >= 4 is 27.6 Å². The maximum Gasteiger partial charge on any atom is 0.335 e. The van der Waals surface area contributed by atoms with Gasteiger partial charge in [-0.05, 0) is 29.8 Å². The monoisotopic (exact) mass is 343 g/mol. The number of hydrogen-bond acceptors (Lipinski definition) is 3. The number of hydrogen-bond donors (Lipinski definition) is 2. The Morgan fingerprint density at radius 1 is 1.23 bits per heavy atom. The maximum atomic E-state index is 13.7. The molecule has 5 nitrogen and oxygen atoms in total. The van der Waals surface area contributed by atoms with Crippen LogP contribution < -0.4 is 4.72 Å². The van der Waals surface area contributed by atoms with Gasteiger partial charge in [0.1, 0.15) is 10.7 Å². The molecule has 0 aliphatic heterocycles. The molecular formula is C14H11ClFNO4S. The molecule has 8 heteroatoms. The lowest BCUT2D eigenvalue weighted by Crippen LogP contribution is -2.24. The number of nitrogens with one attached hydrogen (secondary N) is 1. The molecule has 0 aliphatic carbocycles. The fraction of sp³-hybridized carbons (Fsp3) is 0.0714. The van der Waals surface area contributed by atoms with Crippen molar-refractivity contribution < 1.29 is 22.7 Å². The molecule has 116 valence electrons. The molecule has 0 heterocycles. The van der Waals surface area contributed by atoms with Crippen molar-refractivity contribution in [3.8, 4) is 0 Å². The van der Waals surface area contributed by atoms with Crippen LogP contribution in [0.4, 0.5) is 4.39 Å². The molecule has 0 unspecified atom stereocenters. The summed E-state index contributed by atoms with van der Waals surface area (Å²) in [6.07, 6.45) is 0. The van der Waals surface area contributed by atoms with Crippen molar-refractivity contribution in [2.24, 2.45) is 0 Å². The highest BCUT2D eigenvalue weighted by atomic mass is 35.5. The Kier molecular flexibility index (Phi) is 4.80. The molecule has 0 bridgehead atoms. The predicted octanol–water partition coefficient (Wildman–Crippen LogP) is 2.66. The Hall–Kier alpha value is -1.96. The van der Waals surface area contributed by atoms with Crippen LogP contribution in [-0.4, -0.2) is 19.5 Å². The molecular weight excluding hydrogens is 333 g/mol. The number of benzene rings is 2. The Morgan fingerprint density at radius 2 is 1.91 bits per heavy atom. The molecule has 0 radical (unpaired) electrons. The molecule has 0 atom stereocenters. The third-order valence-electron chi connectivity index (χ3n) is 2.88. The number of carboxylic acid groups (broad SMARTS) is 1. The van der Waals surface area contributed by atoms with E-state index in [4.69, 9.17) is 16.7 Å². The average Bonchev–Trinajstić information content (AvgIpc) is 2.46. The van der Waals surface area contributed by atoms with E-state index in [0.717, 1.165) is 18.2 Å². The first kappa shape index (κ1) is 16.4. The highest BCUT2D eigenvalue weighted by Crippen LogP contribution is 2.19. The molecule has 0 saturated carbocycles. The molecule has 2 N–H and O–H groups in total. The molecule has 2 aromatic carbocycles. The summed E-state index contributed by atoms with van der Waals surface area (Å²) in [5, 5.41) is 9.22. The second-order valence-electron chi connectivity index (χ2n) is 4.37. The summed E-state index contributed by atoms with van der Waals surface area (Å²) in [6.45, 7) is -0.140. The molecule has 0 spiro atoms. The van der Waals surface area contributed by atoms with Crippen LogP contribution in [0.1, 0.15) is 15.9 Å². The lowest BCUT2D eigenvalue weighted by molar-refractivity contribution is 0.0696. The third-order valence-corrected chi connectivity index (χ3v) is 4.66. The van der Waals surface area contributed by atoms with Crippen molar-refractivity contribution in [2.45, 2.75) is 11.4 Å². The molecule has 2 rings (SSSR count). The highest BCUT2D eigenvalue weighted by Gasteiger charge is 2.21. The molecule has 0 saturated heterocycles. The molecule has 2 aromatic rings. The maximum absolute atomic E-state index is 13.7. The molecule has 0 aromatic heterocycles. The Morgan fingerprint density at radius 3 is 2.55 bits per heavy atom. The van der Waals surface area contributed by atoms with E-state index in [1.54, 1.807) is 24.3 Å². The van der Waals surface area contributed by atoms with Gasteiger partial charge in [-0.25, -0.2) is 22.3 Å². The zero-order valence-corrected chi connectivity index (χ0v) is 12.7. The van der Waals surface area contributed by atoms with Crippen LogP contribution in [0.2, 0.25) is 5.02 Å². The Balaban J connectivity index is 2.29. The largest absolute Gasteiger partial charge is 0.478 e. The SMILES string of the molecule is O=C(O)c1ccc(F)c(S(=O)(=O)NCc2ccccc2Cl)c1. The van der Waals surface area contributed by atoms with Crippen LogP contribution in [0.25, 0.3) is 0 Å². The third kappa shape index (κ3) is 3.62. The number of carboxylic acids is 1. The first-order chi connectivity index (χ1) is 10.3. The second kappa shape index (κ2) is 6.43. The van der Waals surface area contributed by atoms with Gasteiger partial charge in [-0.3, -0.25) is 0 Å². The normalized spacial score (nSPS) is 11.4. The fourth-order valence-corrected chi connectivity index (χ4v) is 3.05. The van der Waals surface area contributed by atoms with Gasteiger partial charge in [-0.1, -0.05) is 29.8 Å². The van der Waals surface area contributed by atoms with E-state index < -0.39 is 26.7 Å². The van der Waals surface area contributed by atoms with E-state index in [2.05, 4.69) is 4.72 Å². The fourth-order valence-electron chi connectivity index (χ4n) is 1.73. The zero-order chi connectivity index (χ0) is 16.3. The number of carbonyl (C=O) groups is 1. The van der Waals surface area contributed by atoms with Crippen LogP contribution in [0.15, 0.2) is 47.4 Å². The summed E-state index contributed by atoms with van der Waals surface area (Å²) >= 11 is 5.91. The minimum absolute atomic E-state index is 0.140. The van der Waals surface area contributed by atoms with Crippen molar-refractivity contribution in [1.82, 2.24) is 4.72 Å². The van der Waals surface area contributed by atoms with Crippen LogP contribution >= 0.6 is 11.6 Å². The first-order valence-electron chi connectivity index (χ1n) is 6.07. The van der Waals surface area contributed by atoms with Gasteiger partial charge in [0.25, 0.3) is 0 Å². The van der Waals surface area contributed by atoms with Gasteiger partial charge in [0.05, 0.1) is 5.56 Å². The van der Waals surface area contributed by atoms with Gasteiger partial charge >= 0.3 is 5.97 Å². The van der Waals surface area contributed by atoms with E-state index in [1.165, 1.54) is 0 Å². The summed E-state index contributed by atoms with van der Waals surface area (Å²) in [7, 11) is -4.21. The molecule has 0 aliphatic rings. The number of aromatic carboxylic acids is 1. The molecule has 22 heavy (non-hydrogen) atoms. The summed E-state index contributed by atoms with van der Waals surface area (Å²) < 4.78 is 40.1. The number of halogens is 2. The lowest BCUT2D eigenvalue weighted by atomic mass is 10.2. The van der Waals surface area contributed by atoms with Crippen LogP contribution in [0, 0.1) is 5.82 Å². The van der Waals surface area contributed by atoms with Gasteiger partial charge in [0.15, 0.2) is 0 Å². The highest BCUT2D eigenvalue weighted by molar-refractivity contribution is 7.89. The Labute approximate surface area is 131 Å². The minimum atomic E-state index is -4.21. The summed E-state index contributed by atoms with van der Waals surface area (Å²) in [6, 6.07) is 9.15. The molecule has 0 amide bonds. The van der Waals surface area contributed by atoms with Gasteiger partial charge in [-0.2, -0.15) is 0 Å². The van der Waals surface area contributed by atoms with Gasteiger partial charge < -0.3 is 5.11 Å². The number of sulfonamides is 1. The first-order valence-corrected chi connectivity index (χ1v) is 7.93. The van der Waals surface area contributed by atoms with Crippen molar-refractivity contribution in [3.05, 3.63) is 64.4 Å². The molecule has 0 fully saturated rings. The zero-order valence-electron chi connectivity index (χ0n) is 11.1.